The lowest BCUT2D eigenvalue weighted by molar-refractivity contribution is -0.0425. The predicted octanol–water partition coefficient (Wildman–Crippen LogP) is 0.906. The third-order valence-electron chi connectivity index (χ3n) is 2.74. The molecule has 23 heavy (non-hydrogen) atoms. The molecule has 16 heteroatoms. The first-order valence-corrected chi connectivity index (χ1v) is 10.1. The zero-order valence-corrected chi connectivity index (χ0v) is 13.4. The summed E-state index contributed by atoms with van der Waals surface area (Å²) < 4.78 is 126. The molecule has 8 nitrogen and oxygen atoms in total. The van der Waals surface area contributed by atoms with Crippen molar-refractivity contribution >= 4 is 30.1 Å². The number of sulfonamides is 3. The maximum absolute atomic E-state index is 13.7. The third kappa shape index (κ3) is 3.75. The van der Waals surface area contributed by atoms with Crippen molar-refractivity contribution in [2.45, 2.75) is 29.4 Å². The maximum atomic E-state index is 13.7. The van der Waals surface area contributed by atoms with Crippen LogP contribution in [0.1, 0.15) is 19.3 Å². The normalized spacial score (nSPS) is 19.7. The molecule has 0 amide bonds. The van der Waals surface area contributed by atoms with E-state index >= 15 is 0 Å². The van der Waals surface area contributed by atoms with Gasteiger partial charge in [0.2, 0.25) is 0 Å². The van der Waals surface area contributed by atoms with Gasteiger partial charge in [-0.05, 0) is 12.8 Å². The van der Waals surface area contributed by atoms with Gasteiger partial charge < -0.3 is 4.13 Å². The standard InChI is InChI=1S/C7H10F5N2O6S3/c8-6(9,10)21(15,16)13-22(17,18)7(11,12)23(19,20)14-4-2-1-3-5-14/h1-5H2/q-1. The Hall–Kier alpha value is -0.580. The number of halogens is 5. The van der Waals surface area contributed by atoms with Gasteiger partial charge in [-0.2, -0.15) is 26.3 Å². The Bertz CT molecular complexity index is 751. The van der Waals surface area contributed by atoms with E-state index in [1.54, 1.807) is 0 Å². The Morgan fingerprint density at radius 2 is 1.17 bits per heavy atom. The quantitative estimate of drug-likeness (QED) is 0.623. The van der Waals surface area contributed by atoms with Gasteiger partial charge in [0, 0.05) is 13.1 Å². The van der Waals surface area contributed by atoms with Crippen molar-refractivity contribution in [1.82, 2.24) is 4.31 Å². The van der Waals surface area contributed by atoms with Crippen molar-refractivity contribution in [1.29, 1.82) is 0 Å². The van der Waals surface area contributed by atoms with E-state index in [9.17, 15) is 47.2 Å². The zero-order valence-electron chi connectivity index (χ0n) is 11.0. The van der Waals surface area contributed by atoms with Crippen LogP contribution in [0.25, 0.3) is 4.13 Å². The van der Waals surface area contributed by atoms with Gasteiger partial charge in [-0.1, -0.05) is 6.42 Å². The second kappa shape index (κ2) is 6.05. The summed E-state index contributed by atoms with van der Waals surface area (Å²) in [6.45, 7) is -0.946. The fourth-order valence-corrected chi connectivity index (χ4v) is 6.02. The first-order chi connectivity index (χ1) is 10.1. The molecule has 1 saturated heterocycles. The van der Waals surface area contributed by atoms with Gasteiger partial charge in [-0.15, -0.1) is 0 Å². The number of rotatable bonds is 5. The highest BCUT2D eigenvalue weighted by molar-refractivity contribution is 8.18. The molecule has 0 unspecified atom stereocenters. The monoisotopic (exact) mass is 409 g/mol. The summed E-state index contributed by atoms with van der Waals surface area (Å²) in [4.78, 5) is 0. The van der Waals surface area contributed by atoms with E-state index in [0.717, 1.165) is 4.13 Å². The lowest BCUT2D eigenvalue weighted by atomic mass is 10.2. The third-order valence-corrected chi connectivity index (χ3v) is 8.41. The summed E-state index contributed by atoms with van der Waals surface area (Å²) in [6, 6.07) is 0. The highest BCUT2D eigenvalue weighted by Crippen LogP contribution is 2.40. The highest BCUT2D eigenvalue weighted by Gasteiger charge is 2.58. The van der Waals surface area contributed by atoms with Crippen LogP contribution in [0.5, 0.6) is 0 Å². The first-order valence-electron chi connectivity index (χ1n) is 5.74. The molecule has 0 aromatic rings. The first kappa shape index (κ1) is 20.5. The number of alkyl halides is 5. The second-order valence-corrected chi connectivity index (χ2v) is 10.1. The van der Waals surface area contributed by atoms with Crippen molar-refractivity contribution in [3.8, 4) is 0 Å². The summed E-state index contributed by atoms with van der Waals surface area (Å²) in [7, 11) is -19.7. The minimum Gasteiger partial charge on any atom is -0.422 e. The van der Waals surface area contributed by atoms with Gasteiger partial charge in [0.15, 0.2) is 20.0 Å². The SMILES string of the molecule is O=S(=O)([N-]S(=O)(=O)C(F)(F)S(=O)(=O)N1CCCCC1)C(F)(F)F. The average Bonchev–Trinajstić information content (AvgIpc) is 2.36. The number of piperidine rings is 1. The molecule has 0 saturated carbocycles. The zero-order chi connectivity index (χ0) is 18.3. The molecule has 0 aliphatic carbocycles. The highest BCUT2D eigenvalue weighted by atomic mass is 32.3. The smallest absolute Gasteiger partial charge is 0.422 e. The molecule has 0 aromatic heterocycles. The summed E-state index contributed by atoms with van der Waals surface area (Å²) in [5, 5.41) is 0. The van der Waals surface area contributed by atoms with Gasteiger partial charge in [-0.25, -0.2) is 25.3 Å². The van der Waals surface area contributed by atoms with E-state index in [4.69, 9.17) is 0 Å². The van der Waals surface area contributed by atoms with Crippen LogP contribution in [0.2, 0.25) is 0 Å². The molecule has 1 heterocycles. The van der Waals surface area contributed by atoms with Gasteiger partial charge in [0.1, 0.15) is 0 Å². The lowest BCUT2D eigenvalue weighted by Crippen LogP contribution is -2.49. The van der Waals surface area contributed by atoms with Crippen LogP contribution >= 0.6 is 0 Å². The molecule has 0 atom stereocenters. The molecule has 138 valence electrons. The molecule has 0 aromatic carbocycles. The minimum absolute atomic E-state index is 0.0732. The Labute approximate surface area is 128 Å². The van der Waals surface area contributed by atoms with Crippen LogP contribution < -0.4 is 0 Å². The number of hydrogen-bond donors (Lipinski definition) is 0. The van der Waals surface area contributed by atoms with E-state index < -0.39 is 53.3 Å². The molecule has 1 aliphatic rings. The van der Waals surface area contributed by atoms with Crippen LogP contribution in [-0.2, 0) is 30.1 Å². The molecule has 0 N–H and O–H groups in total. The number of hydrogen-bond acceptors (Lipinski definition) is 6. The van der Waals surface area contributed by atoms with E-state index in [-0.39, 0.29) is 17.1 Å². The van der Waals surface area contributed by atoms with Crippen molar-refractivity contribution in [3.05, 3.63) is 4.13 Å². The fraction of sp³-hybridized carbons (Fsp3) is 1.00. The van der Waals surface area contributed by atoms with Crippen molar-refractivity contribution in [2.75, 3.05) is 13.1 Å². The van der Waals surface area contributed by atoms with Crippen molar-refractivity contribution in [3.63, 3.8) is 0 Å². The molecular formula is C7H10F5N2O6S3-. The van der Waals surface area contributed by atoms with Crippen LogP contribution in [0.3, 0.4) is 0 Å². The Morgan fingerprint density at radius 1 is 0.739 bits per heavy atom. The van der Waals surface area contributed by atoms with E-state index in [1.165, 1.54) is 0 Å². The predicted molar refractivity (Wildman–Crippen MR) is 66.5 cm³/mol. The summed E-state index contributed by atoms with van der Waals surface area (Å²) in [5.74, 6) is 0. The average molecular weight is 409 g/mol. The molecule has 0 bridgehead atoms. The molecule has 1 rings (SSSR count). The summed E-state index contributed by atoms with van der Waals surface area (Å²) in [6.07, 6.45) is 0.748. The van der Waals surface area contributed by atoms with E-state index in [1.807, 2.05) is 0 Å². The topological polar surface area (TPSA) is 120 Å². The molecule has 0 spiro atoms. The summed E-state index contributed by atoms with van der Waals surface area (Å²) in [5.41, 5.74) is -6.27. The molecule has 0 radical (unpaired) electrons. The van der Waals surface area contributed by atoms with E-state index in [0.29, 0.717) is 6.42 Å². The molecular weight excluding hydrogens is 399 g/mol. The molecule has 1 aliphatic heterocycles. The minimum atomic E-state index is -6.86. The Kier molecular flexibility index (Phi) is 5.38. The van der Waals surface area contributed by atoms with Crippen LogP contribution in [0.15, 0.2) is 0 Å². The van der Waals surface area contributed by atoms with Gasteiger partial charge >= 0.3 is 10.1 Å². The van der Waals surface area contributed by atoms with Gasteiger partial charge in [0.25, 0.3) is 10.0 Å². The largest absolute Gasteiger partial charge is 0.480 e. The van der Waals surface area contributed by atoms with Crippen molar-refractivity contribution in [2.24, 2.45) is 0 Å². The number of nitrogens with zero attached hydrogens (tertiary/aromatic N) is 2. The lowest BCUT2D eigenvalue weighted by Gasteiger charge is -2.32. The van der Waals surface area contributed by atoms with Crippen LogP contribution in [-0.4, -0.2) is 52.7 Å². The van der Waals surface area contributed by atoms with Crippen LogP contribution in [0.4, 0.5) is 22.0 Å². The van der Waals surface area contributed by atoms with Crippen LogP contribution in [0, 0.1) is 0 Å². The van der Waals surface area contributed by atoms with Gasteiger partial charge in [0.05, 0.1) is 0 Å². The Balaban J connectivity index is 3.25. The van der Waals surface area contributed by atoms with Gasteiger partial charge in [-0.3, -0.25) is 0 Å². The van der Waals surface area contributed by atoms with Crippen molar-refractivity contribution < 1.29 is 47.2 Å². The second-order valence-electron chi connectivity index (χ2n) is 4.40. The van der Waals surface area contributed by atoms with E-state index in [2.05, 4.69) is 0 Å². The summed E-state index contributed by atoms with van der Waals surface area (Å²) >= 11 is 0. The maximum Gasteiger partial charge on any atom is 0.480 e. The Morgan fingerprint density at radius 3 is 1.57 bits per heavy atom. The molecule has 1 fully saturated rings. The fourth-order valence-electron chi connectivity index (χ4n) is 1.60.